The Hall–Kier alpha value is -1.88. The summed E-state index contributed by atoms with van der Waals surface area (Å²) in [5, 5.41) is 14.8. The second kappa shape index (κ2) is 7.65. The fraction of sp³-hybridized carbons (Fsp3) is 0.333. The molecule has 0 saturated carbocycles. The number of rotatable bonds is 8. The lowest BCUT2D eigenvalue weighted by atomic mass is 10.2. The number of nitrogens with one attached hydrogen (secondary N) is 1. The van der Waals surface area contributed by atoms with E-state index < -0.39 is 5.97 Å². The molecule has 0 aliphatic carbocycles. The largest absolute Gasteiger partial charge is 0.481 e. The third-order valence-corrected chi connectivity index (χ3v) is 3.72. The molecule has 4 nitrogen and oxygen atoms in total. The molecule has 5 heteroatoms. The number of aromatic nitrogens is 1. The molecule has 0 aliphatic rings. The van der Waals surface area contributed by atoms with E-state index >= 15 is 0 Å². The third-order valence-electron chi connectivity index (χ3n) is 2.92. The number of hydrogen-bond donors (Lipinski definition) is 2. The van der Waals surface area contributed by atoms with Gasteiger partial charge in [0.25, 0.3) is 0 Å². The maximum atomic E-state index is 10.4. The molecule has 0 fully saturated rings. The summed E-state index contributed by atoms with van der Waals surface area (Å²) in [6.45, 7) is 0.835. The second-order valence-electron chi connectivity index (χ2n) is 4.54. The Balaban J connectivity index is 1.72. The van der Waals surface area contributed by atoms with Crippen molar-refractivity contribution >= 4 is 22.4 Å². The predicted octanol–water partition coefficient (Wildman–Crippen LogP) is 3.87. The fourth-order valence-corrected chi connectivity index (χ4v) is 2.62. The van der Waals surface area contributed by atoms with Gasteiger partial charge in [-0.1, -0.05) is 36.8 Å². The van der Waals surface area contributed by atoms with E-state index in [0.717, 1.165) is 42.2 Å². The smallest absolute Gasteiger partial charge is 0.303 e. The molecule has 0 radical (unpaired) electrons. The van der Waals surface area contributed by atoms with Crippen LogP contribution in [0.4, 0.5) is 5.13 Å². The minimum Gasteiger partial charge on any atom is -0.481 e. The Morgan fingerprint density at radius 3 is 2.75 bits per heavy atom. The lowest BCUT2D eigenvalue weighted by Gasteiger charge is -2.01. The lowest BCUT2D eigenvalue weighted by molar-refractivity contribution is -0.137. The molecule has 1 aromatic heterocycles. The average Bonchev–Trinajstić information content (AvgIpc) is 2.92. The van der Waals surface area contributed by atoms with Crippen molar-refractivity contribution < 1.29 is 9.90 Å². The van der Waals surface area contributed by atoms with Gasteiger partial charge in [0.15, 0.2) is 5.13 Å². The molecule has 106 valence electrons. The van der Waals surface area contributed by atoms with Gasteiger partial charge in [-0.15, -0.1) is 11.3 Å². The first-order valence-electron chi connectivity index (χ1n) is 6.72. The average molecular weight is 290 g/mol. The second-order valence-corrected chi connectivity index (χ2v) is 5.39. The van der Waals surface area contributed by atoms with Crippen LogP contribution < -0.4 is 5.32 Å². The number of hydrogen-bond acceptors (Lipinski definition) is 4. The van der Waals surface area contributed by atoms with Crippen LogP contribution in [0.15, 0.2) is 35.7 Å². The molecule has 0 bridgehead atoms. The van der Waals surface area contributed by atoms with E-state index in [2.05, 4.69) is 10.3 Å². The highest BCUT2D eigenvalue weighted by molar-refractivity contribution is 7.14. The molecule has 0 unspecified atom stereocenters. The molecule has 0 atom stereocenters. The Kier molecular flexibility index (Phi) is 5.55. The molecule has 0 amide bonds. The van der Waals surface area contributed by atoms with E-state index in [-0.39, 0.29) is 6.42 Å². The van der Waals surface area contributed by atoms with E-state index in [4.69, 9.17) is 5.11 Å². The molecule has 1 aromatic carbocycles. The van der Waals surface area contributed by atoms with Crippen LogP contribution in [0.1, 0.15) is 25.7 Å². The summed E-state index contributed by atoms with van der Waals surface area (Å²) in [4.78, 5) is 14.9. The molecule has 0 aliphatic heterocycles. The first-order chi connectivity index (χ1) is 9.75. The lowest BCUT2D eigenvalue weighted by Crippen LogP contribution is -2.01. The van der Waals surface area contributed by atoms with Gasteiger partial charge in [-0.25, -0.2) is 4.98 Å². The summed E-state index contributed by atoms with van der Waals surface area (Å²) in [7, 11) is 0. The number of thiazole rings is 1. The Morgan fingerprint density at radius 1 is 1.20 bits per heavy atom. The van der Waals surface area contributed by atoms with Crippen LogP contribution in [-0.2, 0) is 4.79 Å². The molecule has 20 heavy (non-hydrogen) atoms. The molecule has 0 saturated heterocycles. The van der Waals surface area contributed by atoms with Crippen molar-refractivity contribution in [3.05, 3.63) is 35.7 Å². The van der Waals surface area contributed by atoms with Crippen molar-refractivity contribution in [1.29, 1.82) is 0 Å². The van der Waals surface area contributed by atoms with Crippen molar-refractivity contribution in [3.63, 3.8) is 0 Å². The monoisotopic (exact) mass is 290 g/mol. The Labute approximate surface area is 122 Å². The zero-order chi connectivity index (χ0) is 14.2. The number of benzene rings is 1. The highest BCUT2D eigenvalue weighted by Crippen LogP contribution is 2.24. The minimum absolute atomic E-state index is 0.259. The number of carbonyl (C=O) groups is 1. The molecule has 1 heterocycles. The van der Waals surface area contributed by atoms with Crippen molar-refractivity contribution in [1.82, 2.24) is 4.98 Å². The molecule has 0 spiro atoms. The number of carboxylic acid groups (broad SMARTS) is 1. The zero-order valence-electron chi connectivity index (χ0n) is 11.2. The predicted molar refractivity (Wildman–Crippen MR) is 82.1 cm³/mol. The van der Waals surface area contributed by atoms with Crippen LogP contribution in [0.5, 0.6) is 0 Å². The first kappa shape index (κ1) is 14.5. The molecular formula is C15H18N2O2S. The van der Waals surface area contributed by atoms with E-state index in [9.17, 15) is 4.79 Å². The van der Waals surface area contributed by atoms with Crippen molar-refractivity contribution in [2.45, 2.75) is 25.7 Å². The topological polar surface area (TPSA) is 62.2 Å². The summed E-state index contributed by atoms with van der Waals surface area (Å²) in [6.07, 6.45) is 2.89. The highest BCUT2D eigenvalue weighted by atomic mass is 32.1. The number of carboxylic acids is 1. The number of unbranched alkanes of at least 4 members (excludes halogenated alkanes) is 2. The first-order valence-corrected chi connectivity index (χ1v) is 7.60. The van der Waals surface area contributed by atoms with E-state index in [0.29, 0.717) is 0 Å². The van der Waals surface area contributed by atoms with Crippen LogP contribution in [-0.4, -0.2) is 22.6 Å². The van der Waals surface area contributed by atoms with E-state index in [1.165, 1.54) is 0 Å². The highest BCUT2D eigenvalue weighted by Gasteiger charge is 2.03. The van der Waals surface area contributed by atoms with Crippen LogP contribution in [0.2, 0.25) is 0 Å². The Morgan fingerprint density at radius 2 is 2.00 bits per heavy atom. The van der Waals surface area contributed by atoms with Crippen LogP contribution in [0.25, 0.3) is 11.3 Å². The summed E-state index contributed by atoms with van der Waals surface area (Å²) in [5.41, 5.74) is 2.11. The van der Waals surface area contributed by atoms with Gasteiger partial charge in [-0.3, -0.25) is 4.79 Å². The van der Waals surface area contributed by atoms with Gasteiger partial charge in [0, 0.05) is 23.9 Å². The quantitative estimate of drug-likeness (QED) is 0.724. The molecular weight excluding hydrogens is 272 g/mol. The standard InChI is InChI=1S/C15H18N2O2S/c18-14(19)9-5-2-6-10-16-15-17-13(11-20-15)12-7-3-1-4-8-12/h1,3-4,7-8,11H,2,5-6,9-10H2,(H,16,17)(H,18,19). The molecule has 2 aromatic rings. The summed E-state index contributed by atoms with van der Waals surface area (Å²) in [5.74, 6) is -0.717. The number of nitrogens with zero attached hydrogens (tertiary/aromatic N) is 1. The molecule has 2 N–H and O–H groups in total. The van der Waals surface area contributed by atoms with Crippen molar-refractivity contribution in [2.24, 2.45) is 0 Å². The Bertz CT molecular complexity index is 540. The van der Waals surface area contributed by atoms with Gasteiger partial charge < -0.3 is 10.4 Å². The van der Waals surface area contributed by atoms with Gasteiger partial charge in [0.1, 0.15) is 0 Å². The van der Waals surface area contributed by atoms with E-state index in [1.807, 2.05) is 35.7 Å². The van der Waals surface area contributed by atoms with Crippen LogP contribution >= 0.6 is 11.3 Å². The number of anilines is 1. The van der Waals surface area contributed by atoms with Crippen molar-refractivity contribution in [3.8, 4) is 11.3 Å². The third kappa shape index (κ3) is 4.66. The van der Waals surface area contributed by atoms with Crippen LogP contribution in [0.3, 0.4) is 0 Å². The van der Waals surface area contributed by atoms with Crippen LogP contribution in [0, 0.1) is 0 Å². The SMILES string of the molecule is O=C(O)CCCCCNc1nc(-c2ccccc2)cs1. The molecule has 2 rings (SSSR count). The summed E-state index contributed by atoms with van der Waals surface area (Å²) in [6, 6.07) is 10.1. The van der Waals surface area contributed by atoms with Crippen molar-refractivity contribution in [2.75, 3.05) is 11.9 Å². The maximum absolute atomic E-state index is 10.4. The van der Waals surface area contributed by atoms with Gasteiger partial charge in [0.2, 0.25) is 0 Å². The number of aliphatic carboxylic acids is 1. The minimum atomic E-state index is -0.717. The van der Waals surface area contributed by atoms with Gasteiger partial charge in [0.05, 0.1) is 5.69 Å². The van der Waals surface area contributed by atoms with Gasteiger partial charge in [-0.2, -0.15) is 0 Å². The summed E-state index contributed by atoms with van der Waals surface area (Å²) >= 11 is 1.60. The van der Waals surface area contributed by atoms with E-state index in [1.54, 1.807) is 11.3 Å². The maximum Gasteiger partial charge on any atom is 0.303 e. The normalized spacial score (nSPS) is 10.4. The summed E-state index contributed by atoms with van der Waals surface area (Å²) < 4.78 is 0. The van der Waals surface area contributed by atoms with Gasteiger partial charge >= 0.3 is 5.97 Å². The van der Waals surface area contributed by atoms with Gasteiger partial charge in [-0.05, 0) is 12.8 Å². The fourth-order valence-electron chi connectivity index (χ4n) is 1.87. The zero-order valence-corrected chi connectivity index (χ0v) is 12.0.